The number of hydrogen-bond acceptors (Lipinski definition) is 4. The molecule has 1 heterocycles. The van der Waals surface area contributed by atoms with E-state index in [1.165, 1.54) is 24.6 Å². The van der Waals surface area contributed by atoms with Crippen molar-refractivity contribution in [2.75, 3.05) is 5.75 Å². The molecule has 0 saturated heterocycles. The molecule has 0 bridgehead atoms. The van der Waals surface area contributed by atoms with E-state index in [2.05, 4.69) is 15.5 Å². The molecule has 1 N–H and O–H groups in total. The van der Waals surface area contributed by atoms with Gasteiger partial charge in [0.15, 0.2) is 11.0 Å². The average molecular weight is 365 g/mol. The molecule has 0 spiro atoms. The number of thioether (sulfide) groups is 1. The number of hydrogen-bond donors (Lipinski definition) is 1. The van der Waals surface area contributed by atoms with Crippen molar-refractivity contribution in [3.63, 3.8) is 0 Å². The number of benzene rings is 1. The number of carbonyl (C=O) groups excluding carboxylic acids is 1. The van der Waals surface area contributed by atoms with Crippen molar-refractivity contribution >= 4 is 29.3 Å². The zero-order chi connectivity index (χ0) is 16.9. The summed E-state index contributed by atoms with van der Waals surface area (Å²) in [5.41, 5.74) is 0.969. The Morgan fingerprint density at radius 3 is 2.67 bits per heavy atom. The zero-order valence-corrected chi connectivity index (χ0v) is 15.2. The molecule has 128 valence electrons. The third-order valence-corrected chi connectivity index (χ3v) is 5.41. The van der Waals surface area contributed by atoms with Gasteiger partial charge < -0.3 is 9.88 Å². The van der Waals surface area contributed by atoms with Crippen molar-refractivity contribution in [1.82, 2.24) is 20.1 Å². The molecule has 1 aromatic carbocycles. The summed E-state index contributed by atoms with van der Waals surface area (Å²) < 4.78 is 2.02. The van der Waals surface area contributed by atoms with Crippen molar-refractivity contribution in [2.24, 2.45) is 0 Å². The number of nitrogens with one attached hydrogen (secondary N) is 1. The van der Waals surface area contributed by atoms with E-state index in [0.29, 0.717) is 16.8 Å². The van der Waals surface area contributed by atoms with Crippen LogP contribution in [0, 0.1) is 0 Å². The third-order valence-electron chi connectivity index (χ3n) is 4.19. The van der Waals surface area contributed by atoms with Gasteiger partial charge in [-0.2, -0.15) is 0 Å². The second kappa shape index (κ2) is 8.03. The van der Waals surface area contributed by atoms with Crippen LogP contribution in [0.4, 0.5) is 0 Å². The predicted molar refractivity (Wildman–Crippen MR) is 97.3 cm³/mol. The Bertz CT molecular complexity index is 695. The molecule has 1 aliphatic carbocycles. The number of aromatic nitrogens is 3. The first-order valence-corrected chi connectivity index (χ1v) is 9.65. The van der Waals surface area contributed by atoms with Gasteiger partial charge >= 0.3 is 0 Å². The van der Waals surface area contributed by atoms with Gasteiger partial charge in [-0.3, -0.25) is 4.79 Å². The lowest BCUT2D eigenvalue weighted by Gasteiger charge is -2.11. The van der Waals surface area contributed by atoms with Crippen LogP contribution >= 0.6 is 23.4 Å². The maximum absolute atomic E-state index is 12.1. The molecule has 3 rings (SSSR count). The minimum atomic E-state index is 0.0746. The summed E-state index contributed by atoms with van der Waals surface area (Å²) in [5.74, 6) is 1.24. The fraction of sp³-hybridized carbons (Fsp3) is 0.471. The van der Waals surface area contributed by atoms with Gasteiger partial charge in [0, 0.05) is 23.2 Å². The van der Waals surface area contributed by atoms with Gasteiger partial charge in [0.1, 0.15) is 0 Å². The SMILES string of the molecule is CCn1c(SCC(=O)NC2CCCC2)nnc1-c1ccc(Cl)cc1. The number of nitrogens with zero attached hydrogens (tertiary/aromatic N) is 3. The molecular formula is C17H21ClN4OS. The minimum Gasteiger partial charge on any atom is -0.353 e. The third kappa shape index (κ3) is 4.11. The van der Waals surface area contributed by atoms with E-state index in [1.807, 2.05) is 35.8 Å². The number of carbonyl (C=O) groups is 1. The highest BCUT2D eigenvalue weighted by Gasteiger charge is 2.18. The van der Waals surface area contributed by atoms with E-state index in [-0.39, 0.29) is 5.91 Å². The molecule has 1 fully saturated rings. The Morgan fingerprint density at radius 2 is 2.00 bits per heavy atom. The summed E-state index contributed by atoms with van der Waals surface area (Å²) in [4.78, 5) is 12.1. The molecule has 0 aliphatic heterocycles. The monoisotopic (exact) mass is 364 g/mol. The quantitative estimate of drug-likeness (QED) is 0.792. The topological polar surface area (TPSA) is 59.8 Å². The van der Waals surface area contributed by atoms with Crippen LogP contribution in [0.1, 0.15) is 32.6 Å². The molecule has 7 heteroatoms. The highest BCUT2D eigenvalue weighted by Crippen LogP contribution is 2.25. The maximum atomic E-state index is 12.1. The van der Waals surface area contributed by atoms with Crippen LogP contribution in [0.3, 0.4) is 0 Å². The fourth-order valence-electron chi connectivity index (χ4n) is 2.96. The number of amides is 1. The predicted octanol–water partition coefficient (Wildman–Crippen LogP) is 3.77. The lowest BCUT2D eigenvalue weighted by atomic mass is 10.2. The summed E-state index contributed by atoms with van der Waals surface area (Å²) in [6.07, 6.45) is 4.63. The number of halogens is 1. The summed E-state index contributed by atoms with van der Waals surface area (Å²) in [5, 5.41) is 13.1. The minimum absolute atomic E-state index is 0.0746. The standard InChI is InChI=1S/C17H21ClN4OS/c1-2-22-16(12-7-9-13(18)10-8-12)20-21-17(22)24-11-15(23)19-14-5-3-4-6-14/h7-10,14H,2-6,11H2,1H3,(H,19,23). The second-order valence-electron chi connectivity index (χ2n) is 5.89. The Kier molecular flexibility index (Phi) is 5.79. The van der Waals surface area contributed by atoms with Gasteiger partial charge in [-0.05, 0) is 44.0 Å². The first-order valence-electron chi connectivity index (χ1n) is 8.28. The molecule has 5 nitrogen and oxygen atoms in total. The highest BCUT2D eigenvalue weighted by molar-refractivity contribution is 7.99. The summed E-state index contributed by atoms with van der Waals surface area (Å²) in [6.45, 7) is 2.79. The van der Waals surface area contributed by atoms with Crippen molar-refractivity contribution < 1.29 is 4.79 Å². The molecule has 0 atom stereocenters. The summed E-state index contributed by atoms with van der Waals surface area (Å²) >= 11 is 7.37. The highest BCUT2D eigenvalue weighted by atomic mass is 35.5. The molecule has 0 radical (unpaired) electrons. The molecule has 0 unspecified atom stereocenters. The molecule has 24 heavy (non-hydrogen) atoms. The Hall–Kier alpha value is -1.53. The van der Waals surface area contributed by atoms with Crippen LogP contribution in [0.2, 0.25) is 5.02 Å². The first kappa shape index (κ1) is 17.3. The molecule has 1 aliphatic rings. The number of rotatable bonds is 6. The van der Waals surface area contributed by atoms with Gasteiger partial charge in [-0.25, -0.2) is 0 Å². The van der Waals surface area contributed by atoms with E-state index in [4.69, 9.17) is 11.6 Å². The normalized spacial score (nSPS) is 14.9. The smallest absolute Gasteiger partial charge is 0.230 e. The Morgan fingerprint density at radius 1 is 1.29 bits per heavy atom. The molecular weight excluding hydrogens is 344 g/mol. The van der Waals surface area contributed by atoms with Crippen molar-refractivity contribution in [2.45, 2.75) is 50.4 Å². The van der Waals surface area contributed by atoms with E-state index in [9.17, 15) is 4.79 Å². The maximum Gasteiger partial charge on any atom is 0.230 e. The van der Waals surface area contributed by atoms with E-state index in [0.717, 1.165) is 35.9 Å². The van der Waals surface area contributed by atoms with Gasteiger partial charge in [0.05, 0.1) is 5.75 Å². The summed E-state index contributed by atoms with van der Waals surface area (Å²) in [6, 6.07) is 7.90. The van der Waals surface area contributed by atoms with Gasteiger partial charge in [-0.15, -0.1) is 10.2 Å². The molecule has 1 amide bonds. The lowest BCUT2D eigenvalue weighted by molar-refractivity contribution is -0.119. The van der Waals surface area contributed by atoms with Crippen LogP contribution in [-0.4, -0.2) is 32.5 Å². The second-order valence-corrected chi connectivity index (χ2v) is 7.27. The Balaban J connectivity index is 1.65. The van der Waals surface area contributed by atoms with Gasteiger partial charge in [0.25, 0.3) is 0 Å². The van der Waals surface area contributed by atoms with Crippen molar-refractivity contribution in [1.29, 1.82) is 0 Å². The molecule has 1 aromatic heterocycles. The Labute approximate surface area is 151 Å². The van der Waals surface area contributed by atoms with Gasteiger partial charge in [0.2, 0.25) is 5.91 Å². The first-order chi connectivity index (χ1) is 11.7. The van der Waals surface area contributed by atoms with E-state index >= 15 is 0 Å². The van der Waals surface area contributed by atoms with Gasteiger partial charge in [-0.1, -0.05) is 36.2 Å². The lowest BCUT2D eigenvalue weighted by Crippen LogP contribution is -2.33. The van der Waals surface area contributed by atoms with Crippen molar-refractivity contribution in [3.8, 4) is 11.4 Å². The fourth-order valence-corrected chi connectivity index (χ4v) is 3.90. The zero-order valence-electron chi connectivity index (χ0n) is 13.7. The van der Waals surface area contributed by atoms with Crippen LogP contribution < -0.4 is 5.32 Å². The van der Waals surface area contributed by atoms with Crippen LogP contribution in [0.5, 0.6) is 0 Å². The van der Waals surface area contributed by atoms with Crippen molar-refractivity contribution in [3.05, 3.63) is 29.3 Å². The molecule has 1 saturated carbocycles. The van der Waals surface area contributed by atoms with Crippen LogP contribution in [-0.2, 0) is 11.3 Å². The van der Waals surface area contributed by atoms with Crippen LogP contribution in [0.25, 0.3) is 11.4 Å². The largest absolute Gasteiger partial charge is 0.353 e. The van der Waals surface area contributed by atoms with Crippen LogP contribution in [0.15, 0.2) is 29.4 Å². The average Bonchev–Trinajstić information content (AvgIpc) is 3.22. The van der Waals surface area contributed by atoms with E-state index in [1.54, 1.807) is 0 Å². The molecule has 2 aromatic rings. The van der Waals surface area contributed by atoms with E-state index < -0.39 is 0 Å². The summed E-state index contributed by atoms with van der Waals surface area (Å²) in [7, 11) is 0.